The van der Waals surface area contributed by atoms with Crippen molar-refractivity contribution in [3.8, 4) is 0 Å². The van der Waals surface area contributed by atoms with Crippen LogP contribution in [0.1, 0.15) is 42.4 Å². The molecule has 2 nitrogen and oxygen atoms in total. The van der Waals surface area contributed by atoms with E-state index in [1.54, 1.807) is 22.7 Å². The first-order valence-electron chi connectivity index (χ1n) is 5.34. The van der Waals surface area contributed by atoms with Gasteiger partial charge in [-0.2, -0.15) is 0 Å². The summed E-state index contributed by atoms with van der Waals surface area (Å²) in [6.07, 6.45) is 0. The van der Waals surface area contributed by atoms with Crippen LogP contribution in [0.15, 0.2) is 21.3 Å². The molecule has 2 rings (SSSR count). The second-order valence-electron chi connectivity index (χ2n) is 4.93. The normalized spacial score (nSPS) is 13.9. The van der Waals surface area contributed by atoms with Gasteiger partial charge in [0.2, 0.25) is 0 Å². The maximum atomic E-state index is 6.25. The van der Waals surface area contributed by atoms with Crippen LogP contribution in [0.5, 0.6) is 0 Å². The molecule has 1 unspecified atom stereocenters. The van der Waals surface area contributed by atoms with Crippen LogP contribution in [-0.4, -0.2) is 4.98 Å². The molecule has 0 amide bonds. The lowest BCUT2D eigenvalue weighted by molar-refractivity contribution is 0.569. The number of rotatable bonds is 2. The Morgan fingerprint density at radius 3 is 2.53 bits per heavy atom. The van der Waals surface area contributed by atoms with Gasteiger partial charge in [-0.3, -0.25) is 0 Å². The molecule has 0 radical (unpaired) electrons. The predicted octanol–water partition coefficient (Wildman–Crippen LogP) is 4.31. The fourth-order valence-corrected chi connectivity index (χ4v) is 4.17. The summed E-state index contributed by atoms with van der Waals surface area (Å²) in [5, 5.41) is 5.13. The van der Waals surface area contributed by atoms with Crippen LogP contribution in [0.4, 0.5) is 0 Å². The molecule has 1 atom stereocenters. The minimum Gasteiger partial charge on any atom is -0.318 e. The van der Waals surface area contributed by atoms with Crippen molar-refractivity contribution in [2.45, 2.75) is 32.2 Å². The highest BCUT2D eigenvalue weighted by molar-refractivity contribution is 9.10. The maximum absolute atomic E-state index is 6.25. The molecule has 0 spiro atoms. The largest absolute Gasteiger partial charge is 0.318 e. The van der Waals surface area contributed by atoms with Gasteiger partial charge < -0.3 is 5.73 Å². The van der Waals surface area contributed by atoms with E-state index in [0.717, 1.165) is 20.1 Å². The van der Waals surface area contributed by atoms with Gasteiger partial charge in [-0.25, -0.2) is 4.98 Å². The van der Waals surface area contributed by atoms with Gasteiger partial charge in [-0.1, -0.05) is 20.8 Å². The first-order chi connectivity index (χ1) is 7.89. The van der Waals surface area contributed by atoms with Crippen LogP contribution < -0.4 is 5.73 Å². The molecule has 2 heterocycles. The van der Waals surface area contributed by atoms with Crippen LogP contribution in [0, 0.1) is 0 Å². The van der Waals surface area contributed by atoms with Crippen LogP contribution >= 0.6 is 38.6 Å². The zero-order valence-corrected chi connectivity index (χ0v) is 13.2. The summed E-state index contributed by atoms with van der Waals surface area (Å²) in [6.45, 7) is 6.50. The van der Waals surface area contributed by atoms with Crippen LogP contribution in [0.3, 0.4) is 0 Å². The van der Waals surface area contributed by atoms with E-state index in [1.807, 2.05) is 11.4 Å². The van der Waals surface area contributed by atoms with Crippen molar-refractivity contribution in [3.63, 3.8) is 0 Å². The first-order valence-corrected chi connectivity index (χ1v) is 7.89. The molecule has 0 aliphatic carbocycles. The number of halogens is 1. The predicted molar refractivity (Wildman–Crippen MR) is 78.9 cm³/mol. The topological polar surface area (TPSA) is 38.9 Å². The van der Waals surface area contributed by atoms with E-state index >= 15 is 0 Å². The van der Waals surface area contributed by atoms with Crippen LogP contribution in [0.2, 0.25) is 0 Å². The molecular formula is C12H15BrN2S2. The zero-order chi connectivity index (χ0) is 12.6. The third-order valence-corrected chi connectivity index (χ3v) is 5.37. The van der Waals surface area contributed by atoms with Crippen molar-refractivity contribution >= 4 is 38.6 Å². The minimum absolute atomic E-state index is 0.0845. The lowest BCUT2D eigenvalue weighted by atomic mass is 9.93. The quantitative estimate of drug-likeness (QED) is 0.890. The summed E-state index contributed by atoms with van der Waals surface area (Å²) < 4.78 is 1.07. The molecule has 0 bridgehead atoms. The van der Waals surface area contributed by atoms with Gasteiger partial charge in [0, 0.05) is 20.1 Å². The van der Waals surface area contributed by atoms with Crippen LogP contribution in [-0.2, 0) is 5.41 Å². The minimum atomic E-state index is -0.120. The molecule has 0 aliphatic rings. The molecule has 0 saturated carbocycles. The SMILES string of the molecule is CC(C)(C)c1csc(C(N)c2sccc2Br)n1. The van der Waals surface area contributed by atoms with Crippen molar-refractivity contribution in [2.75, 3.05) is 0 Å². The van der Waals surface area contributed by atoms with E-state index in [9.17, 15) is 0 Å². The summed E-state index contributed by atoms with van der Waals surface area (Å²) in [6, 6.07) is 1.91. The molecule has 2 aromatic rings. The molecule has 0 saturated heterocycles. The number of hydrogen-bond acceptors (Lipinski definition) is 4. The average Bonchev–Trinajstić information content (AvgIpc) is 2.83. The van der Waals surface area contributed by atoms with Gasteiger partial charge in [0.15, 0.2) is 0 Å². The highest BCUT2D eigenvalue weighted by Crippen LogP contribution is 2.34. The third-order valence-electron chi connectivity index (χ3n) is 2.48. The molecule has 17 heavy (non-hydrogen) atoms. The first kappa shape index (κ1) is 13.2. The molecule has 0 fully saturated rings. The van der Waals surface area contributed by atoms with Crippen molar-refractivity contribution in [3.05, 3.63) is 36.9 Å². The number of hydrogen-bond donors (Lipinski definition) is 1. The highest BCUT2D eigenvalue weighted by Gasteiger charge is 2.21. The Morgan fingerprint density at radius 2 is 2.06 bits per heavy atom. The number of aromatic nitrogens is 1. The van der Waals surface area contributed by atoms with Crippen molar-refractivity contribution < 1.29 is 0 Å². The summed E-state index contributed by atoms with van der Waals surface area (Å²) in [7, 11) is 0. The average molecular weight is 331 g/mol. The molecule has 5 heteroatoms. The van der Waals surface area contributed by atoms with Gasteiger partial charge in [0.25, 0.3) is 0 Å². The highest BCUT2D eigenvalue weighted by atomic mass is 79.9. The Bertz CT molecular complexity index is 511. The Hall–Kier alpha value is -0.230. The fourth-order valence-electron chi connectivity index (χ4n) is 1.41. The third kappa shape index (κ3) is 2.78. The van der Waals surface area contributed by atoms with Gasteiger partial charge in [-0.15, -0.1) is 22.7 Å². The van der Waals surface area contributed by atoms with E-state index in [4.69, 9.17) is 5.73 Å². The van der Waals surface area contributed by atoms with Crippen molar-refractivity contribution in [1.82, 2.24) is 4.98 Å². The molecule has 2 aromatic heterocycles. The Balaban J connectivity index is 2.30. The van der Waals surface area contributed by atoms with E-state index in [2.05, 4.69) is 47.1 Å². The molecular weight excluding hydrogens is 316 g/mol. The van der Waals surface area contributed by atoms with E-state index in [-0.39, 0.29) is 11.5 Å². The fraction of sp³-hybridized carbons (Fsp3) is 0.417. The van der Waals surface area contributed by atoms with E-state index in [0.29, 0.717) is 0 Å². The summed E-state index contributed by atoms with van der Waals surface area (Å²) >= 11 is 6.82. The zero-order valence-electron chi connectivity index (χ0n) is 10.0. The lowest BCUT2D eigenvalue weighted by Crippen LogP contribution is -2.14. The number of nitrogens with zero attached hydrogens (tertiary/aromatic N) is 1. The van der Waals surface area contributed by atoms with Crippen molar-refractivity contribution in [1.29, 1.82) is 0 Å². The summed E-state index contributed by atoms with van der Waals surface area (Å²) in [4.78, 5) is 5.80. The Morgan fingerprint density at radius 1 is 1.35 bits per heavy atom. The van der Waals surface area contributed by atoms with Gasteiger partial charge >= 0.3 is 0 Å². The second-order valence-corrected chi connectivity index (χ2v) is 7.62. The summed E-state index contributed by atoms with van der Waals surface area (Å²) in [5.41, 5.74) is 7.44. The maximum Gasteiger partial charge on any atom is 0.115 e. The second kappa shape index (κ2) is 4.80. The Labute approximate surface area is 118 Å². The molecule has 0 aliphatic heterocycles. The smallest absolute Gasteiger partial charge is 0.115 e. The molecule has 0 aromatic carbocycles. The van der Waals surface area contributed by atoms with Gasteiger partial charge in [-0.05, 0) is 27.4 Å². The van der Waals surface area contributed by atoms with Crippen molar-refractivity contribution in [2.24, 2.45) is 5.73 Å². The monoisotopic (exact) mass is 330 g/mol. The molecule has 2 N–H and O–H groups in total. The Kier molecular flexibility index (Phi) is 3.73. The van der Waals surface area contributed by atoms with E-state index < -0.39 is 0 Å². The lowest BCUT2D eigenvalue weighted by Gasteiger charge is -2.14. The molecule has 92 valence electrons. The van der Waals surface area contributed by atoms with Gasteiger partial charge in [0.05, 0.1) is 11.7 Å². The summed E-state index contributed by atoms with van der Waals surface area (Å²) in [5.74, 6) is 0. The van der Waals surface area contributed by atoms with E-state index in [1.165, 1.54) is 0 Å². The standard InChI is InChI=1S/C12H15BrN2S2/c1-12(2,3)8-6-17-11(15-8)9(14)10-7(13)4-5-16-10/h4-6,9H,14H2,1-3H3. The number of thiazole rings is 1. The van der Waals surface area contributed by atoms with Crippen LogP contribution in [0.25, 0.3) is 0 Å². The van der Waals surface area contributed by atoms with Gasteiger partial charge in [0.1, 0.15) is 5.01 Å². The number of nitrogens with two attached hydrogens (primary N) is 1. The number of thiophene rings is 1.